The van der Waals surface area contributed by atoms with Crippen molar-refractivity contribution in [2.24, 2.45) is 0 Å². The van der Waals surface area contributed by atoms with Crippen molar-refractivity contribution in [3.05, 3.63) is 71.4 Å². The summed E-state index contributed by atoms with van der Waals surface area (Å²) in [7, 11) is 3.26. The Balaban J connectivity index is 1.65. The average Bonchev–Trinajstić information content (AvgIpc) is 3.48. The van der Waals surface area contributed by atoms with Crippen molar-refractivity contribution in [2.75, 3.05) is 0 Å². The molecule has 0 aliphatic heterocycles. The van der Waals surface area contributed by atoms with Gasteiger partial charge >= 0.3 is 0 Å². The third-order valence-corrected chi connectivity index (χ3v) is 8.35. The minimum Gasteiger partial charge on any atom is -0.429 e. The number of rotatable bonds is 9. The molecule has 0 spiro atoms. The van der Waals surface area contributed by atoms with E-state index in [2.05, 4.69) is 0 Å². The second kappa shape index (κ2) is 9.99. The van der Waals surface area contributed by atoms with Crippen LogP contribution in [0.1, 0.15) is 0 Å². The summed E-state index contributed by atoms with van der Waals surface area (Å²) in [6.07, 6.45) is 0. The third-order valence-electron chi connectivity index (χ3n) is 4.06. The van der Waals surface area contributed by atoms with Crippen molar-refractivity contribution in [3.63, 3.8) is 0 Å². The van der Waals surface area contributed by atoms with Crippen LogP contribution in [0, 0.1) is 0 Å². The zero-order chi connectivity index (χ0) is 20.8. The maximum absolute atomic E-state index is 10.7. The Morgan fingerprint density at radius 1 is 0.667 bits per heavy atom. The zero-order valence-electron chi connectivity index (χ0n) is 15.3. The fourth-order valence-electron chi connectivity index (χ4n) is 2.76. The topological polar surface area (TPSA) is 52.6 Å². The SMILES string of the molecule is O=COc1ccc(SSc2ccc(OC=O)cc2-c2cccs2)c(-c2cccs2)c1. The van der Waals surface area contributed by atoms with Gasteiger partial charge in [0.1, 0.15) is 11.5 Å². The van der Waals surface area contributed by atoms with Crippen LogP contribution in [0.3, 0.4) is 0 Å². The van der Waals surface area contributed by atoms with E-state index in [0.29, 0.717) is 24.4 Å². The molecule has 2 heterocycles. The van der Waals surface area contributed by atoms with Crippen molar-refractivity contribution in [1.82, 2.24) is 0 Å². The molecular weight excluding hydrogens is 457 g/mol. The first kappa shape index (κ1) is 20.7. The number of hydrogen-bond acceptors (Lipinski definition) is 8. The van der Waals surface area contributed by atoms with Gasteiger partial charge in [0.25, 0.3) is 12.9 Å². The van der Waals surface area contributed by atoms with Gasteiger partial charge < -0.3 is 9.47 Å². The minimum absolute atomic E-state index is 0.436. The Morgan fingerprint density at radius 2 is 1.13 bits per heavy atom. The lowest BCUT2D eigenvalue weighted by atomic mass is 10.2. The summed E-state index contributed by atoms with van der Waals surface area (Å²) in [4.78, 5) is 25.8. The fraction of sp³-hybridized carbons (Fsp3) is 0. The van der Waals surface area contributed by atoms with E-state index >= 15 is 0 Å². The van der Waals surface area contributed by atoms with Crippen LogP contribution in [-0.4, -0.2) is 12.9 Å². The molecule has 0 aliphatic rings. The van der Waals surface area contributed by atoms with Crippen molar-refractivity contribution in [3.8, 4) is 32.4 Å². The van der Waals surface area contributed by atoms with Crippen molar-refractivity contribution >= 4 is 57.2 Å². The van der Waals surface area contributed by atoms with Gasteiger partial charge in [0, 0.05) is 30.7 Å². The molecule has 0 saturated carbocycles. The summed E-state index contributed by atoms with van der Waals surface area (Å²) in [5, 5.41) is 4.04. The van der Waals surface area contributed by atoms with Crippen LogP contribution in [0.5, 0.6) is 11.5 Å². The highest BCUT2D eigenvalue weighted by molar-refractivity contribution is 8.76. The van der Waals surface area contributed by atoms with Crippen LogP contribution in [0.2, 0.25) is 0 Å². The molecule has 4 rings (SSSR count). The molecule has 0 bridgehead atoms. The second-order valence-electron chi connectivity index (χ2n) is 5.87. The lowest BCUT2D eigenvalue weighted by Gasteiger charge is -2.12. The molecule has 0 radical (unpaired) electrons. The van der Waals surface area contributed by atoms with Gasteiger partial charge in [-0.2, -0.15) is 0 Å². The molecule has 4 nitrogen and oxygen atoms in total. The first-order valence-electron chi connectivity index (χ1n) is 8.69. The van der Waals surface area contributed by atoms with Gasteiger partial charge in [-0.3, -0.25) is 9.59 Å². The van der Waals surface area contributed by atoms with E-state index in [9.17, 15) is 9.59 Å². The molecule has 30 heavy (non-hydrogen) atoms. The Labute approximate surface area is 189 Å². The van der Waals surface area contributed by atoms with Crippen LogP contribution in [0.4, 0.5) is 0 Å². The molecule has 0 fully saturated rings. The van der Waals surface area contributed by atoms with Gasteiger partial charge in [0.2, 0.25) is 0 Å². The maximum Gasteiger partial charge on any atom is 0.298 e. The zero-order valence-corrected chi connectivity index (χ0v) is 18.6. The molecule has 4 aromatic rings. The smallest absolute Gasteiger partial charge is 0.298 e. The highest BCUT2D eigenvalue weighted by atomic mass is 33.1. The Hall–Kier alpha value is -2.52. The lowest BCUT2D eigenvalue weighted by Crippen LogP contribution is -1.90. The van der Waals surface area contributed by atoms with Crippen LogP contribution in [0.15, 0.2) is 81.2 Å². The minimum atomic E-state index is 0.436. The molecule has 0 aliphatic carbocycles. The second-order valence-corrected chi connectivity index (χ2v) is 9.97. The van der Waals surface area contributed by atoms with E-state index < -0.39 is 0 Å². The first-order chi connectivity index (χ1) is 14.8. The summed E-state index contributed by atoms with van der Waals surface area (Å²) in [5.41, 5.74) is 2.03. The van der Waals surface area contributed by atoms with Crippen molar-refractivity contribution in [2.45, 2.75) is 9.79 Å². The van der Waals surface area contributed by atoms with Gasteiger partial charge in [-0.1, -0.05) is 33.7 Å². The number of carbonyl (C=O) groups excluding carboxylic acids is 2. The van der Waals surface area contributed by atoms with E-state index in [0.717, 1.165) is 30.7 Å². The summed E-state index contributed by atoms with van der Waals surface area (Å²) in [5.74, 6) is 1.02. The van der Waals surface area contributed by atoms with Gasteiger partial charge in [0.05, 0.1) is 0 Å². The lowest BCUT2D eigenvalue weighted by molar-refractivity contribution is -0.121. The number of carbonyl (C=O) groups is 2. The van der Waals surface area contributed by atoms with Crippen molar-refractivity contribution in [1.29, 1.82) is 0 Å². The molecule has 8 heteroatoms. The molecular formula is C22H14O4S4. The Bertz CT molecular complexity index is 1050. The highest BCUT2D eigenvalue weighted by Gasteiger charge is 2.14. The standard InChI is InChI=1S/C22H14O4S4/c23-13-25-15-5-7-21(17(11-15)19-3-1-9-27-19)29-30-22-8-6-16(26-14-24)12-18(22)20-4-2-10-28-20/h1-14H. The van der Waals surface area contributed by atoms with E-state index in [1.165, 1.54) is 0 Å². The van der Waals surface area contributed by atoms with Crippen molar-refractivity contribution < 1.29 is 19.1 Å². The molecule has 150 valence electrons. The summed E-state index contributed by atoms with van der Waals surface area (Å²) < 4.78 is 10.1. The summed E-state index contributed by atoms with van der Waals surface area (Å²) >= 11 is 3.27. The molecule has 0 amide bonds. The molecule has 0 saturated heterocycles. The molecule has 2 aromatic heterocycles. The molecule has 2 aromatic carbocycles. The van der Waals surface area contributed by atoms with Gasteiger partial charge in [-0.25, -0.2) is 0 Å². The number of thiophene rings is 2. The van der Waals surface area contributed by atoms with Crippen LogP contribution in [0.25, 0.3) is 20.9 Å². The largest absolute Gasteiger partial charge is 0.429 e. The molecule has 0 atom stereocenters. The highest BCUT2D eigenvalue weighted by Crippen LogP contribution is 2.47. The molecule has 0 unspecified atom stereocenters. The average molecular weight is 471 g/mol. The van der Waals surface area contributed by atoms with Gasteiger partial charge in [-0.05, 0) is 59.3 Å². The van der Waals surface area contributed by atoms with E-state index in [1.54, 1.807) is 56.4 Å². The van der Waals surface area contributed by atoms with E-state index in [4.69, 9.17) is 9.47 Å². The quantitative estimate of drug-likeness (QED) is 0.194. The van der Waals surface area contributed by atoms with Crippen LogP contribution >= 0.6 is 44.3 Å². The molecule has 0 N–H and O–H groups in total. The van der Waals surface area contributed by atoms with Gasteiger partial charge in [0.15, 0.2) is 0 Å². The van der Waals surface area contributed by atoms with Crippen LogP contribution < -0.4 is 9.47 Å². The summed E-state index contributed by atoms with van der Waals surface area (Å²) in [6, 6.07) is 19.3. The predicted molar refractivity (Wildman–Crippen MR) is 125 cm³/mol. The van der Waals surface area contributed by atoms with E-state index in [-0.39, 0.29) is 0 Å². The Morgan fingerprint density at radius 3 is 1.50 bits per heavy atom. The van der Waals surface area contributed by atoms with Crippen LogP contribution in [-0.2, 0) is 9.59 Å². The Kier molecular flexibility index (Phi) is 6.91. The predicted octanol–water partition coefficient (Wildman–Crippen LogP) is 7.01. The number of ether oxygens (including phenoxy) is 2. The maximum atomic E-state index is 10.7. The third kappa shape index (κ3) is 4.79. The number of hydrogen-bond donors (Lipinski definition) is 0. The summed E-state index contributed by atoms with van der Waals surface area (Å²) in [6.45, 7) is 0.872. The number of benzene rings is 2. The van der Waals surface area contributed by atoms with E-state index in [1.807, 2.05) is 59.3 Å². The monoisotopic (exact) mass is 470 g/mol. The fourth-order valence-corrected chi connectivity index (χ4v) is 6.76. The van der Waals surface area contributed by atoms with Gasteiger partial charge in [-0.15, -0.1) is 22.7 Å². The normalized spacial score (nSPS) is 10.5. The first-order valence-corrected chi connectivity index (χ1v) is 12.6.